The Kier molecular flexibility index (Phi) is 5.42. The molecule has 1 aliphatic heterocycles. The zero-order valence-corrected chi connectivity index (χ0v) is 18.9. The minimum Gasteiger partial charge on any atom is -0.356 e. The van der Waals surface area contributed by atoms with Gasteiger partial charge in [-0.3, -0.25) is 4.79 Å². The number of aryl methyl sites for hydroxylation is 1. The Morgan fingerprint density at radius 1 is 1.20 bits per heavy atom. The molecule has 0 bridgehead atoms. The number of carbonyl (C=O) groups excluding carboxylic acids is 1. The average molecular weight is 444 g/mol. The minimum atomic E-state index is -3.27. The molecule has 1 aliphatic rings. The number of anilines is 1. The predicted octanol–water partition coefficient (Wildman–Crippen LogP) is 3.81. The highest BCUT2D eigenvalue weighted by Crippen LogP contribution is 2.40. The molecule has 0 saturated carbocycles. The van der Waals surface area contributed by atoms with Crippen molar-refractivity contribution in [3.05, 3.63) is 40.8 Å². The van der Waals surface area contributed by atoms with E-state index in [2.05, 4.69) is 11.0 Å². The third-order valence-corrected chi connectivity index (χ3v) is 8.08. The van der Waals surface area contributed by atoms with Crippen molar-refractivity contribution in [1.29, 1.82) is 0 Å². The highest BCUT2D eigenvalue weighted by atomic mass is 32.2. The van der Waals surface area contributed by atoms with Crippen LogP contribution in [0, 0.1) is 6.92 Å². The van der Waals surface area contributed by atoms with Crippen molar-refractivity contribution in [3.8, 4) is 11.1 Å². The van der Waals surface area contributed by atoms with Crippen LogP contribution in [-0.4, -0.2) is 44.6 Å². The first-order valence-electron chi connectivity index (χ1n) is 9.91. The maximum absolute atomic E-state index is 12.2. The number of sulfone groups is 1. The van der Waals surface area contributed by atoms with Crippen molar-refractivity contribution in [2.75, 3.05) is 24.2 Å². The van der Waals surface area contributed by atoms with Crippen LogP contribution in [0.5, 0.6) is 0 Å². The Morgan fingerprint density at radius 3 is 2.40 bits per heavy atom. The van der Waals surface area contributed by atoms with Crippen LogP contribution in [0.25, 0.3) is 21.3 Å². The standard InChI is InChI=1S/C22H25N3O3S2/c1-13-20-18(15-4-6-17(7-5-15)30(3,27)28)12-19(25-10-8-16(23)9-11-25)24-22(20)29-21(13)14(2)26/h4-7,12,16H,8-11,23H2,1-3H3. The molecule has 1 saturated heterocycles. The van der Waals surface area contributed by atoms with E-state index < -0.39 is 9.84 Å². The van der Waals surface area contributed by atoms with E-state index in [0.29, 0.717) is 4.88 Å². The number of benzene rings is 1. The number of hydrogen-bond acceptors (Lipinski definition) is 7. The first-order valence-corrected chi connectivity index (χ1v) is 12.6. The molecule has 3 aromatic rings. The second-order valence-corrected chi connectivity index (χ2v) is 11.0. The van der Waals surface area contributed by atoms with Gasteiger partial charge in [0.1, 0.15) is 10.6 Å². The van der Waals surface area contributed by atoms with E-state index in [9.17, 15) is 13.2 Å². The van der Waals surface area contributed by atoms with Crippen LogP contribution >= 0.6 is 11.3 Å². The Labute approximate surface area is 180 Å². The first kappa shape index (κ1) is 21.0. The average Bonchev–Trinajstić information content (AvgIpc) is 3.04. The summed E-state index contributed by atoms with van der Waals surface area (Å²) >= 11 is 1.42. The third-order valence-electron chi connectivity index (χ3n) is 5.66. The number of carbonyl (C=O) groups is 1. The van der Waals surface area contributed by atoms with Gasteiger partial charge in [-0.25, -0.2) is 13.4 Å². The Bertz CT molecular complexity index is 1220. The van der Waals surface area contributed by atoms with E-state index in [4.69, 9.17) is 10.7 Å². The van der Waals surface area contributed by atoms with Crippen molar-refractivity contribution in [2.45, 2.75) is 37.6 Å². The highest BCUT2D eigenvalue weighted by molar-refractivity contribution is 7.90. The lowest BCUT2D eigenvalue weighted by atomic mass is 9.99. The van der Waals surface area contributed by atoms with Crippen LogP contribution < -0.4 is 10.6 Å². The number of aromatic nitrogens is 1. The number of nitrogens with two attached hydrogens (primary N) is 1. The minimum absolute atomic E-state index is 0.0272. The quantitative estimate of drug-likeness (QED) is 0.617. The molecule has 0 atom stereocenters. The lowest BCUT2D eigenvalue weighted by molar-refractivity contribution is 0.102. The number of ketones is 1. The molecule has 4 rings (SSSR count). The van der Waals surface area contributed by atoms with E-state index in [0.717, 1.165) is 58.7 Å². The lowest BCUT2D eigenvalue weighted by Crippen LogP contribution is -2.40. The summed E-state index contributed by atoms with van der Waals surface area (Å²) in [4.78, 5) is 21.1. The van der Waals surface area contributed by atoms with Gasteiger partial charge in [-0.2, -0.15) is 0 Å². The number of fused-ring (bicyclic) bond motifs is 1. The predicted molar refractivity (Wildman–Crippen MR) is 122 cm³/mol. The molecular weight excluding hydrogens is 418 g/mol. The summed E-state index contributed by atoms with van der Waals surface area (Å²) in [6, 6.07) is 9.19. The van der Waals surface area contributed by atoms with E-state index >= 15 is 0 Å². The summed E-state index contributed by atoms with van der Waals surface area (Å²) in [5, 5.41) is 0.953. The van der Waals surface area contributed by atoms with E-state index in [1.54, 1.807) is 19.1 Å². The molecule has 2 N–H and O–H groups in total. The van der Waals surface area contributed by atoms with Gasteiger partial charge in [0.15, 0.2) is 15.6 Å². The zero-order valence-electron chi connectivity index (χ0n) is 17.3. The van der Waals surface area contributed by atoms with Crippen molar-refractivity contribution in [3.63, 3.8) is 0 Å². The smallest absolute Gasteiger partial charge is 0.175 e. The summed E-state index contributed by atoms with van der Waals surface area (Å²) in [5.74, 6) is 0.896. The van der Waals surface area contributed by atoms with Gasteiger partial charge in [0.2, 0.25) is 0 Å². The second-order valence-electron chi connectivity index (χ2n) is 7.94. The summed E-state index contributed by atoms with van der Waals surface area (Å²) < 4.78 is 23.7. The Balaban J connectivity index is 1.90. The summed E-state index contributed by atoms with van der Waals surface area (Å²) in [7, 11) is -3.27. The van der Waals surface area contributed by atoms with Crippen molar-refractivity contribution < 1.29 is 13.2 Å². The van der Waals surface area contributed by atoms with Gasteiger partial charge in [-0.1, -0.05) is 12.1 Å². The maximum Gasteiger partial charge on any atom is 0.175 e. The number of thiophene rings is 1. The Morgan fingerprint density at radius 2 is 1.83 bits per heavy atom. The fourth-order valence-corrected chi connectivity index (χ4v) is 5.69. The molecule has 0 aliphatic carbocycles. The number of nitrogens with zero attached hydrogens (tertiary/aromatic N) is 2. The second kappa shape index (κ2) is 7.76. The maximum atomic E-state index is 12.2. The van der Waals surface area contributed by atoms with Gasteiger partial charge in [0.25, 0.3) is 0 Å². The van der Waals surface area contributed by atoms with Crippen molar-refractivity contribution in [2.24, 2.45) is 5.73 Å². The van der Waals surface area contributed by atoms with E-state index in [-0.39, 0.29) is 16.7 Å². The fourth-order valence-electron chi connectivity index (χ4n) is 3.97. The number of rotatable bonds is 4. The number of hydrogen-bond donors (Lipinski definition) is 1. The van der Waals surface area contributed by atoms with E-state index in [1.807, 2.05) is 19.1 Å². The van der Waals surface area contributed by atoms with E-state index in [1.165, 1.54) is 17.6 Å². The van der Waals surface area contributed by atoms with Crippen LogP contribution in [-0.2, 0) is 9.84 Å². The molecule has 158 valence electrons. The number of piperidine rings is 1. The molecule has 30 heavy (non-hydrogen) atoms. The number of Topliss-reactive ketones (excluding diaryl/α,β-unsaturated/α-hetero) is 1. The molecule has 0 spiro atoms. The monoisotopic (exact) mass is 443 g/mol. The van der Waals surface area contributed by atoms with Crippen LogP contribution in [0.2, 0.25) is 0 Å². The number of pyridine rings is 1. The third kappa shape index (κ3) is 3.87. The van der Waals surface area contributed by atoms with Crippen molar-refractivity contribution >= 4 is 43.0 Å². The normalized spacial score (nSPS) is 15.7. The summed E-state index contributed by atoms with van der Waals surface area (Å²) in [6.07, 6.45) is 3.04. The molecule has 1 aromatic carbocycles. The Hall–Kier alpha value is -2.29. The van der Waals surface area contributed by atoms with Crippen LogP contribution in [0.1, 0.15) is 35.0 Å². The fraction of sp³-hybridized carbons (Fsp3) is 0.364. The van der Waals surface area contributed by atoms with Gasteiger partial charge in [0, 0.05) is 30.8 Å². The first-order chi connectivity index (χ1) is 14.1. The van der Waals surface area contributed by atoms with Gasteiger partial charge in [-0.15, -0.1) is 11.3 Å². The van der Waals surface area contributed by atoms with Gasteiger partial charge >= 0.3 is 0 Å². The van der Waals surface area contributed by atoms with Gasteiger partial charge < -0.3 is 10.6 Å². The van der Waals surface area contributed by atoms with Crippen molar-refractivity contribution in [1.82, 2.24) is 4.98 Å². The zero-order chi connectivity index (χ0) is 21.6. The summed E-state index contributed by atoms with van der Waals surface area (Å²) in [5.41, 5.74) is 8.85. The molecule has 6 nitrogen and oxygen atoms in total. The molecule has 0 amide bonds. The largest absolute Gasteiger partial charge is 0.356 e. The molecular formula is C22H25N3O3S2. The highest BCUT2D eigenvalue weighted by Gasteiger charge is 2.22. The SMILES string of the molecule is CC(=O)c1sc2nc(N3CCC(N)CC3)cc(-c3ccc(S(C)(=O)=O)cc3)c2c1C. The van der Waals surface area contributed by atoms with Gasteiger partial charge in [-0.05, 0) is 61.6 Å². The molecule has 2 aromatic heterocycles. The van der Waals surface area contributed by atoms with Crippen LogP contribution in [0.3, 0.4) is 0 Å². The van der Waals surface area contributed by atoms with Gasteiger partial charge in [0.05, 0.1) is 9.77 Å². The lowest BCUT2D eigenvalue weighted by Gasteiger charge is -2.31. The molecule has 8 heteroatoms. The van der Waals surface area contributed by atoms with Crippen LogP contribution in [0.15, 0.2) is 35.2 Å². The molecule has 0 unspecified atom stereocenters. The molecule has 1 fully saturated rings. The topological polar surface area (TPSA) is 93.4 Å². The van der Waals surface area contributed by atoms with Crippen LogP contribution in [0.4, 0.5) is 5.82 Å². The molecule has 3 heterocycles. The summed E-state index contributed by atoms with van der Waals surface area (Å²) in [6.45, 7) is 5.21. The molecule has 0 radical (unpaired) electrons.